The Morgan fingerprint density at radius 1 is 1.10 bits per heavy atom. The maximum Gasteiger partial charge on any atom is 0.338 e. The zero-order valence-corrected chi connectivity index (χ0v) is 21.7. The maximum atomic E-state index is 12.8. The molecule has 1 atom stereocenters. The first kappa shape index (κ1) is 26.3. The molecule has 204 valence electrons. The number of rotatable bonds is 9. The molecule has 5 rings (SSSR count). The van der Waals surface area contributed by atoms with E-state index in [0.29, 0.717) is 22.8 Å². The fraction of sp³-hybridized carbons (Fsp3) is 0.172. The van der Waals surface area contributed by atoms with Crippen LogP contribution in [0.1, 0.15) is 30.0 Å². The highest BCUT2D eigenvalue weighted by Gasteiger charge is 2.35. The van der Waals surface area contributed by atoms with Crippen LogP contribution in [-0.2, 0) is 19.1 Å². The fourth-order valence-corrected chi connectivity index (χ4v) is 4.18. The van der Waals surface area contributed by atoms with Crippen LogP contribution in [0.15, 0.2) is 93.2 Å². The number of amides is 2. The van der Waals surface area contributed by atoms with Gasteiger partial charge in [0.1, 0.15) is 29.9 Å². The molecule has 0 spiro atoms. The van der Waals surface area contributed by atoms with Crippen molar-refractivity contribution in [2.45, 2.75) is 19.9 Å². The second-order valence-corrected chi connectivity index (χ2v) is 8.72. The standard InChI is InChI=1S/C29H26N4O7/c1-3-37-28(35)25-21(30-29(36)31-27(25)22-10-7-15-38-22)17-39-24(34)14-12-19-16-33(20-8-5-4-6-9-20)32-26(19)23-13-11-18(2)40-23/h4-16,27H,3,17H2,1-2H3,(H2,30,31,36)/b14-12+. The van der Waals surface area contributed by atoms with Gasteiger partial charge in [0.2, 0.25) is 0 Å². The number of aromatic nitrogens is 2. The van der Waals surface area contributed by atoms with Gasteiger partial charge in [0.05, 0.1) is 29.8 Å². The van der Waals surface area contributed by atoms with Crippen LogP contribution in [-0.4, -0.2) is 41.0 Å². The SMILES string of the molecule is CCOC(=O)C1=C(COC(=O)/C=C/c2cn(-c3ccccc3)nc2-c2ccc(C)o2)NC(=O)NC1c1ccco1. The van der Waals surface area contributed by atoms with E-state index < -0.39 is 24.0 Å². The van der Waals surface area contributed by atoms with Gasteiger partial charge in [0.15, 0.2) is 5.76 Å². The first-order chi connectivity index (χ1) is 19.4. The molecule has 1 aromatic carbocycles. The lowest BCUT2D eigenvalue weighted by Crippen LogP contribution is -2.47. The summed E-state index contributed by atoms with van der Waals surface area (Å²) in [6.45, 7) is 3.23. The molecule has 1 aliphatic rings. The van der Waals surface area contributed by atoms with Crippen LogP contribution in [0.4, 0.5) is 4.79 Å². The lowest BCUT2D eigenvalue weighted by atomic mass is 10.0. The number of hydrogen-bond acceptors (Lipinski definition) is 8. The Morgan fingerprint density at radius 2 is 1.93 bits per heavy atom. The molecular weight excluding hydrogens is 516 g/mol. The fourth-order valence-electron chi connectivity index (χ4n) is 4.18. The van der Waals surface area contributed by atoms with Crippen LogP contribution in [0.3, 0.4) is 0 Å². The molecule has 0 fully saturated rings. The number of hydrogen-bond donors (Lipinski definition) is 2. The Kier molecular flexibility index (Phi) is 7.63. The predicted octanol–water partition coefficient (Wildman–Crippen LogP) is 4.46. The topological polar surface area (TPSA) is 138 Å². The average Bonchev–Trinajstić information content (AvgIpc) is 3.72. The number of aryl methyl sites for hydroxylation is 1. The Bertz CT molecular complexity index is 1580. The van der Waals surface area contributed by atoms with E-state index >= 15 is 0 Å². The highest BCUT2D eigenvalue weighted by atomic mass is 16.5. The molecule has 4 aromatic rings. The van der Waals surface area contributed by atoms with Crippen LogP contribution in [0.2, 0.25) is 0 Å². The van der Waals surface area contributed by atoms with E-state index in [1.54, 1.807) is 42.1 Å². The van der Waals surface area contributed by atoms with Gasteiger partial charge in [-0.2, -0.15) is 5.10 Å². The van der Waals surface area contributed by atoms with Gasteiger partial charge in [0.25, 0.3) is 0 Å². The van der Waals surface area contributed by atoms with Crippen molar-refractivity contribution in [1.29, 1.82) is 0 Å². The quantitative estimate of drug-likeness (QED) is 0.234. The Hall–Kier alpha value is -5.32. The number of nitrogens with zero attached hydrogens (tertiary/aromatic N) is 2. The van der Waals surface area contributed by atoms with Gasteiger partial charge >= 0.3 is 18.0 Å². The van der Waals surface area contributed by atoms with Crippen molar-refractivity contribution in [3.05, 3.63) is 101 Å². The first-order valence-corrected chi connectivity index (χ1v) is 12.5. The third-order valence-corrected chi connectivity index (χ3v) is 5.97. The van der Waals surface area contributed by atoms with E-state index in [1.165, 1.54) is 12.3 Å². The maximum absolute atomic E-state index is 12.8. The number of ether oxygens (including phenoxy) is 2. The molecule has 1 aliphatic heterocycles. The van der Waals surface area contributed by atoms with E-state index in [-0.39, 0.29) is 24.5 Å². The van der Waals surface area contributed by atoms with Crippen molar-refractivity contribution >= 4 is 24.0 Å². The number of nitrogens with one attached hydrogen (secondary N) is 2. The smallest absolute Gasteiger partial charge is 0.338 e. The molecule has 11 nitrogen and oxygen atoms in total. The average molecular weight is 543 g/mol. The molecule has 11 heteroatoms. The van der Waals surface area contributed by atoms with E-state index in [4.69, 9.17) is 18.3 Å². The van der Waals surface area contributed by atoms with Gasteiger partial charge in [0, 0.05) is 17.8 Å². The Labute approximate surface area is 229 Å². The zero-order chi connectivity index (χ0) is 28.1. The minimum absolute atomic E-state index is 0.0767. The second-order valence-electron chi connectivity index (χ2n) is 8.72. The third kappa shape index (κ3) is 5.73. The summed E-state index contributed by atoms with van der Waals surface area (Å²) in [4.78, 5) is 37.9. The number of benzene rings is 1. The molecule has 0 aliphatic carbocycles. The summed E-state index contributed by atoms with van der Waals surface area (Å²) >= 11 is 0. The minimum atomic E-state index is -0.907. The molecule has 2 amide bonds. The predicted molar refractivity (Wildman–Crippen MR) is 143 cm³/mol. The van der Waals surface area contributed by atoms with Crippen LogP contribution in [0.25, 0.3) is 23.2 Å². The number of furan rings is 2. The van der Waals surface area contributed by atoms with Crippen LogP contribution in [0.5, 0.6) is 0 Å². The van der Waals surface area contributed by atoms with Crippen molar-refractivity contribution in [1.82, 2.24) is 20.4 Å². The van der Waals surface area contributed by atoms with Gasteiger partial charge in [-0.05, 0) is 56.3 Å². The minimum Gasteiger partial charge on any atom is -0.467 e. The van der Waals surface area contributed by atoms with Crippen molar-refractivity contribution in [3.63, 3.8) is 0 Å². The summed E-state index contributed by atoms with van der Waals surface area (Å²) in [5.41, 5.74) is 2.16. The van der Waals surface area contributed by atoms with Gasteiger partial charge in [-0.15, -0.1) is 0 Å². The van der Waals surface area contributed by atoms with Gasteiger partial charge < -0.3 is 28.9 Å². The molecule has 2 N–H and O–H groups in total. The largest absolute Gasteiger partial charge is 0.467 e. The number of urea groups is 1. The van der Waals surface area contributed by atoms with Crippen LogP contribution >= 0.6 is 0 Å². The molecule has 0 saturated carbocycles. The molecule has 4 heterocycles. The lowest BCUT2D eigenvalue weighted by Gasteiger charge is -2.27. The molecule has 0 saturated heterocycles. The van der Waals surface area contributed by atoms with E-state index in [9.17, 15) is 14.4 Å². The molecule has 40 heavy (non-hydrogen) atoms. The molecule has 1 unspecified atom stereocenters. The zero-order valence-electron chi connectivity index (χ0n) is 21.7. The first-order valence-electron chi connectivity index (χ1n) is 12.5. The summed E-state index contributed by atoms with van der Waals surface area (Å²) in [6, 6.07) is 14.9. The van der Waals surface area contributed by atoms with Gasteiger partial charge in [-0.3, -0.25) is 0 Å². The normalized spacial score (nSPS) is 15.2. The Balaban J connectivity index is 1.38. The van der Waals surface area contributed by atoms with Gasteiger partial charge in [-0.25, -0.2) is 19.1 Å². The van der Waals surface area contributed by atoms with Gasteiger partial charge in [-0.1, -0.05) is 18.2 Å². The van der Waals surface area contributed by atoms with Crippen molar-refractivity contribution < 1.29 is 32.7 Å². The highest BCUT2D eigenvalue weighted by molar-refractivity contribution is 5.95. The molecule has 0 radical (unpaired) electrons. The van der Waals surface area contributed by atoms with Crippen LogP contribution in [0, 0.1) is 6.92 Å². The lowest BCUT2D eigenvalue weighted by molar-refractivity contribution is -0.140. The summed E-state index contributed by atoms with van der Waals surface area (Å²) in [6.07, 6.45) is 6.00. The van der Waals surface area contributed by atoms with E-state index in [0.717, 1.165) is 11.4 Å². The number of para-hydroxylation sites is 1. The monoisotopic (exact) mass is 542 g/mol. The van der Waals surface area contributed by atoms with Crippen molar-refractivity contribution in [2.24, 2.45) is 0 Å². The van der Waals surface area contributed by atoms with Crippen molar-refractivity contribution in [3.8, 4) is 17.1 Å². The second kappa shape index (κ2) is 11.6. The number of esters is 2. The molecule has 0 bridgehead atoms. The highest BCUT2D eigenvalue weighted by Crippen LogP contribution is 2.29. The summed E-state index contributed by atoms with van der Waals surface area (Å²) in [5, 5.41) is 9.82. The van der Waals surface area contributed by atoms with Crippen molar-refractivity contribution in [2.75, 3.05) is 13.2 Å². The molecule has 3 aromatic heterocycles. The van der Waals surface area contributed by atoms with Crippen LogP contribution < -0.4 is 10.6 Å². The third-order valence-electron chi connectivity index (χ3n) is 5.97. The number of carbonyl (C=O) groups excluding carboxylic acids is 3. The summed E-state index contributed by atoms with van der Waals surface area (Å²) in [7, 11) is 0. The molecular formula is C29H26N4O7. The number of carbonyl (C=O) groups is 3. The van der Waals surface area contributed by atoms with E-state index in [2.05, 4.69) is 15.7 Å². The Morgan fingerprint density at radius 3 is 2.62 bits per heavy atom. The van der Waals surface area contributed by atoms with E-state index in [1.807, 2.05) is 43.3 Å². The summed E-state index contributed by atoms with van der Waals surface area (Å²) < 4.78 is 23.4. The summed E-state index contributed by atoms with van der Waals surface area (Å²) in [5.74, 6) is 0.224.